The first-order valence-corrected chi connectivity index (χ1v) is 5.41. The molecule has 1 aromatic carbocycles. The van der Waals surface area contributed by atoms with Gasteiger partial charge in [-0.3, -0.25) is 4.79 Å². The van der Waals surface area contributed by atoms with Crippen molar-refractivity contribution in [2.45, 2.75) is 19.9 Å². The first kappa shape index (κ1) is 13.3. The van der Waals surface area contributed by atoms with Gasteiger partial charge in [0, 0.05) is 12.6 Å². The summed E-state index contributed by atoms with van der Waals surface area (Å²) in [7, 11) is 0. The maximum Gasteiger partial charge on any atom is 0.261 e. The summed E-state index contributed by atoms with van der Waals surface area (Å²) in [5.41, 5.74) is -0.130. The summed E-state index contributed by atoms with van der Waals surface area (Å²) in [6.07, 6.45) is 0. The summed E-state index contributed by atoms with van der Waals surface area (Å²) in [6, 6.07) is 4.00. The Morgan fingerprint density at radius 3 is 2.24 bits per heavy atom. The van der Waals surface area contributed by atoms with Crippen LogP contribution in [0.1, 0.15) is 24.2 Å². The van der Waals surface area contributed by atoms with E-state index in [2.05, 4.69) is 0 Å². The van der Waals surface area contributed by atoms with Crippen molar-refractivity contribution in [3.8, 4) is 11.5 Å². The van der Waals surface area contributed by atoms with Crippen LogP contribution in [-0.2, 0) is 0 Å². The molecule has 1 aromatic rings. The Bertz CT molecular complexity index is 383. The summed E-state index contributed by atoms with van der Waals surface area (Å²) in [4.78, 5) is 13.5. The van der Waals surface area contributed by atoms with Crippen molar-refractivity contribution in [3.63, 3.8) is 0 Å². The smallest absolute Gasteiger partial charge is 0.261 e. The molecule has 0 aliphatic carbocycles. The molecule has 0 radical (unpaired) electrons. The number of phenols is 2. The summed E-state index contributed by atoms with van der Waals surface area (Å²) >= 11 is 0. The van der Waals surface area contributed by atoms with Crippen LogP contribution in [0.15, 0.2) is 18.2 Å². The van der Waals surface area contributed by atoms with E-state index in [9.17, 15) is 15.0 Å². The highest BCUT2D eigenvalue weighted by Gasteiger charge is 2.23. The second-order valence-corrected chi connectivity index (χ2v) is 3.99. The molecule has 0 unspecified atom stereocenters. The molecule has 94 valence electrons. The Morgan fingerprint density at radius 2 is 1.82 bits per heavy atom. The highest BCUT2D eigenvalue weighted by molar-refractivity contribution is 5.99. The Kier molecular flexibility index (Phi) is 4.34. The zero-order valence-electron chi connectivity index (χ0n) is 9.92. The van der Waals surface area contributed by atoms with E-state index in [1.54, 1.807) is 13.8 Å². The van der Waals surface area contributed by atoms with Gasteiger partial charge < -0.3 is 20.2 Å². The number of aliphatic hydroxyl groups is 1. The molecule has 17 heavy (non-hydrogen) atoms. The SMILES string of the molecule is CC(C)N(CCO)C(=O)c1c(O)cccc1O. The Morgan fingerprint density at radius 1 is 1.29 bits per heavy atom. The van der Waals surface area contributed by atoms with E-state index >= 15 is 0 Å². The molecule has 0 aromatic heterocycles. The molecule has 0 spiro atoms. The molecular weight excluding hydrogens is 222 g/mol. The van der Waals surface area contributed by atoms with Crippen molar-refractivity contribution < 1.29 is 20.1 Å². The van der Waals surface area contributed by atoms with Crippen molar-refractivity contribution in [1.82, 2.24) is 4.90 Å². The second-order valence-electron chi connectivity index (χ2n) is 3.99. The first-order chi connectivity index (χ1) is 7.99. The van der Waals surface area contributed by atoms with Crippen LogP contribution in [0, 0.1) is 0 Å². The van der Waals surface area contributed by atoms with E-state index in [1.165, 1.54) is 23.1 Å². The predicted octanol–water partition coefficient (Wildman–Crippen LogP) is 0.941. The molecule has 0 heterocycles. The molecular formula is C12H17NO4. The fourth-order valence-electron chi connectivity index (χ4n) is 1.59. The van der Waals surface area contributed by atoms with Crippen LogP contribution in [0.2, 0.25) is 0 Å². The number of carbonyl (C=O) groups is 1. The van der Waals surface area contributed by atoms with Crippen LogP contribution >= 0.6 is 0 Å². The van der Waals surface area contributed by atoms with Gasteiger partial charge in [0.05, 0.1) is 6.61 Å². The first-order valence-electron chi connectivity index (χ1n) is 5.41. The fourth-order valence-corrected chi connectivity index (χ4v) is 1.59. The van der Waals surface area contributed by atoms with Gasteiger partial charge in [-0.05, 0) is 26.0 Å². The van der Waals surface area contributed by atoms with Gasteiger partial charge in [0.15, 0.2) is 0 Å². The number of hydrogen-bond acceptors (Lipinski definition) is 4. The maximum absolute atomic E-state index is 12.1. The quantitative estimate of drug-likeness (QED) is 0.730. The third-order valence-corrected chi connectivity index (χ3v) is 2.46. The monoisotopic (exact) mass is 239 g/mol. The lowest BCUT2D eigenvalue weighted by Crippen LogP contribution is -2.39. The third-order valence-electron chi connectivity index (χ3n) is 2.46. The van der Waals surface area contributed by atoms with Gasteiger partial charge in [-0.1, -0.05) is 6.07 Å². The molecule has 0 fully saturated rings. The van der Waals surface area contributed by atoms with Gasteiger partial charge in [0.25, 0.3) is 5.91 Å². The summed E-state index contributed by atoms with van der Waals surface area (Å²) in [5, 5.41) is 28.1. The second kappa shape index (κ2) is 5.54. The number of nitrogens with zero attached hydrogens (tertiary/aromatic N) is 1. The summed E-state index contributed by atoms with van der Waals surface area (Å²) in [5.74, 6) is -1.03. The van der Waals surface area contributed by atoms with Crippen LogP contribution in [0.3, 0.4) is 0 Å². The lowest BCUT2D eigenvalue weighted by Gasteiger charge is -2.26. The number of benzene rings is 1. The van der Waals surface area contributed by atoms with Gasteiger partial charge in [0.2, 0.25) is 0 Å². The number of aromatic hydroxyl groups is 2. The van der Waals surface area contributed by atoms with Crippen molar-refractivity contribution in [2.75, 3.05) is 13.2 Å². The zero-order chi connectivity index (χ0) is 13.0. The minimum absolute atomic E-state index is 0.130. The van der Waals surface area contributed by atoms with Crippen LogP contribution in [0.5, 0.6) is 11.5 Å². The third kappa shape index (κ3) is 2.88. The molecule has 0 aliphatic rings. The Hall–Kier alpha value is -1.75. The standard InChI is InChI=1S/C12H17NO4/c1-8(2)13(6-7-14)12(17)11-9(15)4-3-5-10(11)16/h3-5,8,14-16H,6-7H2,1-2H3. The summed E-state index contributed by atoms with van der Waals surface area (Å²) in [6.45, 7) is 3.58. The molecule has 1 rings (SSSR count). The average molecular weight is 239 g/mol. The molecule has 0 aliphatic heterocycles. The van der Waals surface area contributed by atoms with E-state index in [4.69, 9.17) is 5.11 Å². The predicted molar refractivity (Wildman–Crippen MR) is 63.0 cm³/mol. The van der Waals surface area contributed by atoms with Crippen LogP contribution in [0.25, 0.3) is 0 Å². The van der Waals surface area contributed by atoms with Gasteiger partial charge in [-0.15, -0.1) is 0 Å². The van der Waals surface area contributed by atoms with E-state index in [1.807, 2.05) is 0 Å². The van der Waals surface area contributed by atoms with Gasteiger partial charge in [0.1, 0.15) is 17.1 Å². The molecule has 0 saturated carbocycles. The molecule has 1 amide bonds. The van der Waals surface area contributed by atoms with Gasteiger partial charge >= 0.3 is 0 Å². The van der Waals surface area contributed by atoms with Crippen LogP contribution in [-0.4, -0.2) is 45.3 Å². The normalized spacial score (nSPS) is 10.6. The number of phenolic OH excluding ortho intramolecular Hbond substituents is 2. The van der Waals surface area contributed by atoms with Crippen molar-refractivity contribution in [2.24, 2.45) is 0 Å². The number of hydrogen-bond donors (Lipinski definition) is 3. The highest BCUT2D eigenvalue weighted by atomic mass is 16.3. The largest absolute Gasteiger partial charge is 0.507 e. The fraction of sp³-hybridized carbons (Fsp3) is 0.417. The van der Waals surface area contributed by atoms with Crippen LogP contribution < -0.4 is 0 Å². The number of carbonyl (C=O) groups excluding carboxylic acids is 1. The Balaban J connectivity index is 3.09. The van der Waals surface area contributed by atoms with Crippen molar-refractivity contribution >= 4 is 5.91 Å². The highest BCUT2D eigenvalue weighted by Crippen LogP contribution is 2.28. The number of rotatable bonds is 4. The number of amides is 1. The van der Waals surface area contributed by atoms with Crippen molar-refractivity contribution in [3.05, 3.63) is 23.8 Å². The van der Waals surface area contributed by atoms with E-state index < -0.39 is 5.91 Å². The topological polar surface area (TPSA) is 81.0 Å². The molecule has 3 N–H and O–H groups in total. The molecule has 0 atom stereocenters. The minimum atomic E-state index is -0.496. The molecule has 0 bridgehead atoms. The lowest BCUT2D eigenvalue weighted by atomic mass is 10.1. The minimum Gasteiger partial charge on any atom is -0.507 e. The van der Waals surface area contributed by atoms with E-state index in [0.29, 0.717) is 0 Å². The van der Waals surface area contributed by atoms with Crippen LogP contribution in [0.4, 0.5) is 0 Å². The lowest BCUT2D eigenvalue weighted by molar-refractivity contribution is 0.0659. The average Bonchev–Trinajstić information content (AvgIpc) is 2.24. The molecule has 5 nitrogen and oxygen atoms in total. The molecule has 5 heteroatoms. The zero-order valence-corrected chi connectivity index (χ0v) is 9.92. The van der Waals surface area contributed by atoms with Gasteiger partial charge in [-0.2, -0.15) is 0 Å². The summed E-state index contributed by atoms with van der Waals surface area (Å²) < 4.78 is 0. The van der Waals surface area contributed by atoms with Gasteiger partial charge in [-0.25, -0.2) is 0 Å². The van der Waals surface area contributed by atoms with E-state index in [0.717, 1.165) is 0 Å². The van der Waals surface area contributed by atoms with Crippen molar-refractivity contribution in [1.29, 1.82) is 0 Å². The number of aliphatic hydroxyl groups excluding tert-OH is 1. The van der Waals surface area contributed by atoms with E-state index in [-0.39, 0.29) is 36.3 Å². The maximum atomic E-state index is 12.1. The Labute approximate surface area is 99.9 Å². The molecule has 0 saturated heterocycles.